The maximum atomic E-state index is 5.19. The molecule has 0 saturated carbocycles. The molecule has 0 aliphatic carbocycles. The molecule has 0 saturated heterocycles. The van der Waals surface area contributed by atoms with Gasteiger partial charge in [0, 0.05) is 6.54 Å². The van der Waals surface area contributed by atoms with Crippen LogP contribution in [0.4, 0.5) is 5.13 Å². The summed E-state index contributed by atoms with van der Waals surface area (Å²) in [5, 5.41) is 7.17. The third-order valence-corrected chi connectivity index (χ3v) is 3.43. The molecule has 2 heterocycles. The van der Waals surface area contributed by atoms with Crippen molar-refractivity contribution in [2.45, 2.75) is 0 Å². The second-order valence-corrected chi connectivity index (χ2v) is 4.67. The molecule has 17 heavy (non-hydrogen) atoms. The van der Waals surface area contributed by atoms with E-state index in [1.807, 2.05) is 18.2 Å². The molecular weight excluding hydrogens is 236 g/mol. The zero-order chi connectivity index (χ0) is 11.7. The van der Waals surface area contributed by atoms with Gasteiger partial charge in [-0.3, -0.25) is 4.99 Å². The lowest BCUT2D eigenvalue weighted by molar-refractivity contribution is 0.415. The Kier molecular flexibility index (Phi) is 2.56. The summed E-state index contributed by atoms with van der Waals surface area (Å²) < 4.78 is 6.29. The summed E-state index contributed by atoms with van der Waals surface area (Å²) >= 11 is 1.59. The van der Waals surface area contributed by atoms with E-state index in [1.165, 1.54) is 0 Å². The van der Waals surface area contributed by atoms with E-state index in [1.54, 1.807) is 18.4 Å². The molecular formula is C11H12N4OS. The Labute approximate surface area is 103 Å². The third-order valence-electron chi connectivity index (χ3n) is 2.50. The van der Waals surface area contributed by atoms with Gasteiger partial charge in [-0.25, -0.2) is 4.98 Å². The molecule has 3 rings (SSSR count). The van der Waals surface area contributed by atoms with Crippen LogP contribution >= 0.6 is 11.3 Å². The molecule has 1 aromatic carbocycles. The molecule has 1 aliphatic rings. The zero-order valence-corrected chi connectivity index (χ0v) is 10.2. The predicted molar refractivity (Wildman–Crippen MR) is 70.1 cm³/mol. The quantitative estimate of drug-likeness (QED) is 0.849. The average Bonchev–Trinajstić information content (AvgIpc) is 2.96. The highest BCUT2D eigenvalue weighted by Crippen LogP contribution is 2.29. The van der Waals surface area contributed by atoms with E-state index in [-0.39, 0.29) is 0 Å². The van der Waals surface area contributed by atoms with Gasteiger partial charge in [-0.2, -0.15) is 0 Å². The lowest BCUT2D eigenvalue weighted by Crippen LogP contribution is -2.25. The van der Waals surface area contributed by atoms with E-state index in [2.05, 4.69) is 20.6 Å². The van der Waals surface area contributed by atoms with Gasteiger partial charge in [0.25, 0.3) is 0 Å². The molecule has 0 fully saturated rings. The first kappa shape index (κ1) is 10.3. The molecule has 0 atom stereocenters. The van der Waals surface area contributed by atoms with E-state index in [4.69, 9.17) is 4.74 Å². The summed E-state index contributed by atoms with van der Waals surface area (Å²) in [5.41, 5.74) is 0.969. The predicted octanol–water partition coefficient (Wildman–Crippen LogP) is 1.68. The number of fused-ring (bicyclic) bond motifs is 1. The molecule has 1 aromatic heterocycles. The molecule has 0 amide bonds. The summed E-state index contributed by atoms with van der Waals surface area (Å²) in [6.45, 7) is 1.71. The lowest BCUT2D eigenvalue weighted by atomic mass is 10.3. The van der Waals surface area contributed by atoms with Crippen LogP contribution in [0.5, 0.6) is 5.75 Å². The molecule has 2 N–H and O–H groups in total. The van der Waals surface area contributed by atoms with Crippen molar-refractivity contribution in [1.82, 2.24) is 10.3 Å². The number of hydrogen-bond donors (Lipinski definition) is 2. The summed E-state index contributed by atoms with van der Waals surface area (Å²) in [5.74, 6) is 1.65. The first-order chi connectivity index (χ1) is 8.35. The van der Waals surface area contributed by atoms with Gasteiger partial charge < -0.3 is 15.4 Å². The fraction of sp³-hybridized carbons (Fsp3) is 0.273. The number of benzene rings is 1. The number of nitrogens with one attached hydrogen (secondary N) is 2. The first-order valence-electron chi connectivity index (χ1n) is 5.35. The van der Waals surface area contributed by atoms with Gasteiger partial charge in [-0.1, -0.05) is 11.3 Å². The van der Waals surface area contributed by atoms with Gasteiger partial charge in [-0.05, 0) is 18.2 Å². The van der Waals surface area contributed by atoms with Crippen LogP contribution in [0.25, 0.3) is 10.2 Å². The highest BCUT2D eigenvalue weighted by atomic mass is 32.1. The number of guanidine groups is 1. The number of hydrogen-bond acceptors (Lipinski definition) is 6. The maximum Gasteiger partial charge on any atom is 0.197 e. The van der Waals surface area contributed by atoms with Gasteiger partial charge in [0.15, 0.2) is 11.1 Å². The first-order valence-corrected chi connectivity index (χ1v) is 6.17. The van der Waals surface area contributed by atoms with Gasteiger partial charge in [0.1, 0.15) is 5.75 Å². The summed E-state index contributed by atoms with van der Waals surface area (Å²) in [6.07, 6.45) is 0. The number of rotatable bonds is 2. The van der Waals surface area contributed by atoms with Crippen molar-refractivity contribution < 1.29 is 4.74 Å². The molecule has 2 aromatic rings. The van der Waals surface area contributed by atoms with Crippen LogP contribution < -0.4 is 15.4 Å². The molecule has 88 valence electrons. The Balaban J connectivity index is 1.90. The number of aliphatic imine (C=N–C) groups is 1. The van der Waals surface area contributed by atoms with E-state index in [9.17, 15) is 0 Å². The number of ether oxygens (including phenoxy) is 1. The summed E-state index contributed by atoms with van der Waals surface area (Å²) in [7, 11) is 1.67. The van der Waals surface area contributed by atoms with Crippen molar-refractivity contribution >= 4 is 32.6 Å². The van der Waals surface area contributed by atoms with Crippen LogP contribution in [0.1, 0.15) is 0 Å². The van der Waals surface area contributed by atoms with Gasteiger partial charge in [0.2, 0.25) is 0 Å². The standard InChI is InChI=1S/C11H12N4OS/c1-16-7-2-3-8-9(6-7)17-11(14-8)15-10-12-4-5-13-10/h2-3,6H,4-5H2,1H3,(H2,12,13,14,15). The molecule has 0 unspecified atom stereocenters. The molecule has 0 bridgehead atoms. The summed E-state index contributed by atoms with van der Waals surface area (Å²) in [6, 6.07) is 5.86. The maximum absolute atomic E-state index is 5.19. The number of aromatic nitrogens is 1. The van der Waals surface area contributed by atoms with Crippen LogP contribution in [0.3, 0.4) is 0 Å². The highest BCUT2D eigenvalue weighted by molar-refractivity contribution is 7.22. The Morgan fingerprint density at radius 3 is 3.18 bits per heavy atom. The topological polar surface area (TPSA) is 58.5 Å². The molecule has 5 nitrogen and oxygen atoms in total. The number of thiazole rings is 1. The number of nitrogens with zero attached hydrogens (tertiary/aromatic N) is 2. The zero-order valence-electron chi connectivity index (χ0n) is 9.36. The summed E-state index contributed by atoms with van der Waals surface area (Å²) in [4.78, 5) is 8.75. The lowest BCUT2D eigenvalue weighted by Gasteiger charge is -2.00. The van der Waals surface area contributed by atoms with E-state index in [0.717, 1.165) is 40.1 Å². The van der Waals surface area contributed by atoms with Crippen LogP contribution in [-0.2, 0) is 0 Å². The minimum Gasteiger partial charge on any atom is -0.497 e. The average molecular weight is 248 g/mol. The minimum atomic E-state index is 0.802. The molecule has 1 aliphatic heterocycles. The Morgan fingerprint density at radius 2 is 2.41 bits per heavy atom. The van der Waals surface area contributed by atoms with Crippen molar-refractivity contribution in [2.75, 3.05) is 25.5 Å². The van der Waals surface area contributed by atoms with Crippen LogP contribution in [0.2, 0.25) is 0 Å². The smallest absolute Gasteiger partial charge is 0.197 e. The second-order valence-electron chi connectivity index (χ2n) is 3.63. The Morgan fingerprint density at radius 1 is 1.47 bits per heavy atom. The molecule has 6 heteroatoms. The minimum absolute atomic E-state index is 0.802. The highest BCUT2D eigenvalue weighted by Gasteiger charge is 2.09. The number of methoxy groups -OCH3 is 1. The normalized spacial score (nSPS) is 14.5. The van der Waals surface area contributed by atoms with Crippen LogP contribution in [0.15, 0.2) is 23.2 Å². The SMILES string of the molecule is COc1ccc2nc(NC3=NCCN3)sc2c1. The van der Waals surface area contributed by atoms with E-state index in [0.29, 0.717) is 0 Å². The monoisotopic (exact) mass is 248 g/mol. The second kappa shape index (κ2) is 4.21. The fourth-order valence-electron chi connectivity index (χ4n) is 1.67. The van der Waals surface area contributed by atoms with Crippen molar-refractivity contribution in [2.24, 2.45) is 4.99 Å². The molecule has 0 spiro atoms. The van der Waals surface area contributed by atoms with Crippen molar-refractivity contribution in [3.63, 3.8) is 0 Å². The van der Waals surface area contributed by atoms with Crippen LogP contribution in [0, 0.1) is 0 Å². The Hall–Kier alpha value is -1.82. The largest absolute Gasteiger partial charge is 0.497 e. The van der Waals surface area contributed by atoms with Gasteiger partial charge in [0.05, 0.1) is 23.9 Å². The fourth-order valence-corrected chi connectivity index (χ4v) is 2.56. The third kappa shape index (κ3) is 2.03. The van der Waals surface area contributed by atoms with Gasteiger partial charge >= 0.3 is 0 Å². The Bertz CT molecular complexity index is 578. The molecule has 0 radical (unpaired) electrons. The number of anilines is 1. The van der Waals surface area contributed by atoms with Crippen molar-refractivity contribution in [1.29, 1.82) is 0 Å². The van der Waals surface area contributed by atoms with E-state index < -0.39 is 0 Å². The van der Waals surface area contributed by atoms with Crippen molar-refractivity contribution in [3.8, 4) is 5.75 Å². The van der Waals surface area contributed by atoms with Crippen LogP contribution in [-0.4, -0.2) is 31.1 Å². The van der Waals surface area contributed by atoms with Crippen molar-refractivity contribution in [3.05, 3.63) is 18.2 Å². The van der Waals surface area contributed by atoms with E-state index >= 15 is 0 Å². The van der Waals surface area contributed by atoms with Gasteiger partial charge in [-0.15, -0.1) is 0 Å².